The zero-order chi connectivity index (χ0) is 14.3. The third kappa shape index (κ3) is 3.39. The minimum atomic E-state index is -0.786. The number of amides is 1. The van der Waals surface area contributed by atoms with Gasteiger partial charge in [0.1, 0.15) is 11.2 Å². The molecule has 2 fully saturated rings. The molecule has 0 aromatic heterocycles. The van der Waals surface area contributed by atoms with Crippen molar-refractivity contribution < 1.29 is 14.6 Å². The highest BCUT2D eigenvalue weighted by Gasteiger charge is 2.50. The van der Waals surface area contributed by atoms with E-state index < -0.39 is 11.2 Å². The van der Waals surface area contributed by atoms with Crippen LogP contribution in [0.25, 0.3) is 0 Å². The van der Waals surface area contributed by atoms with Crippen LogP contribution in [0.1, 0.15) is 40.5 Å². The van der Waals surface area contributed by atoms with Crippen molar-refractivity contribution in [2.24, 2.45) is 5.92 Å². The van der Waals surface area contributed by atoms with Gasteiger partial charge in [0.05, 0.1) is 13.1 Å². The van der Waals surface area contributed by atoms with E-state index >= 15 is 0 Å². The highest BCUT2D eigenvalue weighted by Crippen LogP contribution is 2.31. The van der Waals surface area contributed by atoms with Gasteiger partial charge in [0.25, 0.3) is 0 Å². The summed E-state index contributed by atoms with van der Waals surface area (Å²) in [5.41, 5.74) is -1.27. The quantitative estimate of drug-likeness (QED) is 0.755. The minimum Gasteiger partial charge on any atom is -0.444 e. The van der Waals surface area contributed by atoms with Gasteiger partial charge in [0.15, 0.2) is 0 Å². The molecule has 2 saturated heterocycles. The van der Waals surface area contributed by atoms with Crippen molar-refractivity contribution in [3.8, 4) is 0 Å². The Balaban J connectivity index is 1.85. The monoisotopic (exact) mass is 270 g/mol. The Morgan fingerprint density at radius 2 is 2.05 bits per heavy atom. The fourth-order valence-corrected chi connectivity index (χ4v) is 2.81. The number of likely N-dealkylation sites (tertiary alicyclic amines) is 1. The van der Waals surface area contributed by atoms with Crippen LogP contribution < -0.4 is 5.32 Å². The average Bonchev–Trinajstić information content (AvgIpc) is 2.22. The van der Waals surface area contributed by atoms with Gasteiger partial charge in [-0.25, -0.2) is 4.79 Å². The standard InChI is InChI=1S/C14H26N2O3/c1-10-5-6-15-11(7-10)14(18)8-16(9-14)12(17)19-13(2,3)4/h10-11,15,18H,5-9H2,1-4H3. The van der Waals surface area contributed by atoms with Crippen LogP contribution in [0.5, 0.6) is 0 Å². The normalized spacial score (nSPS) is 30.7. The lowest BCUT2D eigenvalue weighted by Crippen LogP contribution is -2.72. The number of aliphatic hydroxyl groups is 1. The van der Waals surface area contributed by atoms with E-state index in [2.05, 4.69) is 12.2 Å². The maximum atomic E-state index is 11.8. The third-order valence-electron chi connectivity index (χ3n) is 3.90. The van der Waals surface area contributed by atoms with E-state index in [0.29, 0.717) is 19.0 Å². The van der Waals surface area contributed by atoms with Gasteiger partial charge < -0.3 is 20.1 Å². The first-order valence-electron chi connectivity index (χ1n) is 7.13. The van der Waals surface area contributed by atoms with Gasteiger partial charge in [-0.3, -0.25) is 0 Å². The Hall–Kier alpha value is -0.810. The lowest BCUT2D eigenvalue weighted by atomic mass is 9.79. The Morgan fingerprint density at radius 1 is 1.42 bits per heavy atom. The summed E-state index contributed by atoms with van der Waals surface area (Å²) >= 11 is 0. The molecule has 19 heavy (non-hydrogen) atoms. The summed E-state index contributed by atoms with van der Waals surface area (Å²) in [7, 11) is 0. The van der Waals surface area contributed by atoms with Gasteiger partial charge in [-0.15, -0.1) is 0 Å². The zero-order valence-corrected chi connectivity index (χ0v) is 12.4. The SMILES string of the molecule is CC1CCNC(C2(O)CN(C(=O)OC(C)(C)C)C2)C1. The van der Waals surface area contributed by atoms with Crippen molar-refractivity contribution in [3.05, 3.63) is 0 Å². The number of β-amino-alcohol motifs (C(OH)–C–C–N with tert-alkyl or cyclic N) is 1. The molecule has 2 heterocycles. The summed E-state index contributed by atoms with van der Waals surface area (Å²) in [6, 6.07) is 0.0925. The topological polar surface area (TPSA) is 61.8 Å². The van der Waals surface area contributed by atoms with E-state index in [1.165, 1.54) is 0 Å². The summed E-state index contributed by atoms with van der Waals surface area (Å²) < 4.78 is 5.30. The molecule has 2 aliphatic rings. The van der Waals surface area contributed by atoms with Gasteiger partial charge in [-0.2, -0.15) is 0 Å². The van der Waals surface area contributed by atoms with Crippen molar-refractivity contribution in [1.82, 2.24) is 10.2 Å². The molecule has 5 heteroatoms. The number of nitrogens with one attached hydrogen (secondary N) is 1. The second kappa shape index (κ2) is 4.94. The van der Waals surface area contributed by atoms with E-state index in [0.717, 1.165) is 19.4 Å². The van der Waals surface area contributed by atoms with Crippen LogP contribution >= 0.6 is 0 Å². The molecule has 1 amide bonds. The first-order valence-corrected chi connectivity index (χ1v) is 7.13. The van der Waals surface area contributed by atoms with Crippen LogP contribution in [0.15, 0.2) is 0 Å². The molecule has 2 rings (SSSR count). The lowest BCUT2D eigenvalue weighted by molar-refractivity contribution is -0.124. The van der Waals surface area contributed by atoms with Gasteiger partial charge >= 0.3 is 6.09 Å². The molecular weight excluding hydrogens is 244 g/mol. The van der Waals surface area contributed by atoms with Crippen molar-refractivity contribution >= 4 is 6.09 Å². The Labute approximate surface area is 115 Å². The molecule has 2 atom stereocenters. The van der Waals surface area contributed by atoms with Gasteiger partial charge in [0.2, 0.25) is 0 Å². The molecule has 2 unspecified atom stereocenters. The largest absolute Gasteiger partial charge is 0.444 e. The summed E-state index contributed by atoms with van der Waals surface area (Å²) in [5, 5.41) is 13.9. The molecule has 5 nitrogen and oxygen atoms in total. The summed E-state index contributed by atoms with van der Waals surface area (Å²) in [5.74, 6) is 0.630. The number of carbonyl (C=O) groups excluding carboxylic acids is 1. The van der Waals surface area contributed by atoms with Crippen molar-refractivity contribution in [1.29, 1.82) is 0 Å². The maximum Gasteiger partial charge on any atom is 0.410 e. The van der Waals surface area contributed by atoms with Crippen molar-refractivity contribution in [2.45, 2.75) is 57.8 Å². The van der Waals surface area contributed by atoms with Crippen LogP contribution in [0.2, 0.25) is 0 Å². The highest BCUT2D eigenvalue weighted by atomic mass is 16.6. The van der Waals surface area contributed by atoms with Crippen LogP contribution in [-0.2, 0) is 4.74 Å². The van der Waals surface area contributed by atoms with E-state index in [-0.39, 0.29) is 12.1 Å². The molecular formula is C14H26N2O3. The Morgan fingerprint density at radius 3 is 2.58 bits per heavy atom. The Kier molecular flexibility index (Phi) is 3.80. The van der Waals surface area contributed by atoms with Crippen LogP contribution in [0.4, 0.5) is 4.79 Å². The fourth-order valence-electron chi connectivity index (χ4n) is 2.81. The number of hydrogen-bond donors (Lipinski definition) is 2. The number of ether oxygens (including phenoxy) is 1. The second-order valence-electron chi connectivity index (χ2n) is 7.08. The fraction of sp³-hybridized carbons (Fsp3) is 0.929. The first-order chi connectivity index (χ1) is 8.70. The first kappa shape index (κ1) is 14.6. The van der Waals surface area contributed by atoms with Gasteiger partial charge in [-0.05, 0) is 46.1 Å². The number of carbonyl (C=O) groups is 1. The molecule has 0 radical (unpaired) electrons. The molecule has 0 aromatic carbocycles. The smallest absolute Gasteiger partial charge is 0.410 e. The Bertz CT molecular complexity index is 345. The van der Waals surface area contributed by atoms with E-state index in [4.69, 9.17) is 4.74 Å². The van der Waals surface area contributed by atoms with Crippen molar-refractivity contribution in [3.63, 3.8) is 0 Å². The van der Waals surface area contributed by atoms with Crippen molar-refractivity contribution in [2.75, 3.05) is 19.6 Å². The zero-order valence-electron chi connectivity index (χ0n) is 12.4. The molecule has 0 bridgehead atoms. The molecule has 0 spiro atoms. The van der Waals surface area contributed by atoms with Gasteiger partial charge in [-0.1, -0.05) is 6.92 Å². The average molecular weight is 270 g/mol. The summed E-state index contributed by atoms with van der Waals surface area (Å²) in [6.45, 7) is 9.43. The molecule has 2 N–H and O–H groups in total. The summed E-state index contributed by atoms with van der Waals surface area (Å²) in [6.07, 6.45) is 1.79. The van der Waals surface area contributed by atoms with E-state index in [1.54, 1.807) is 4.90 Å². The molecule has 110 valence electrons. The highest BCUT2D eigenvalue weighted by molar-refractivity contribution is 5.69. The number of hydrogen-bond acceptors (Lipinski definition) is 4. The number of rotatable bonds is 1. The number of piperidine rings is 1. The molecule has 0 aliphatic carbocycles. The third-order valence-corrected chi connectivity index (χ3v) is 3.90. The summed E-state index contributed by atoms with van der Waals surface area (Å²) in [4.78, 5) is 13.4. The maximum absolute atomic E-state index is 11.8. The molecule has 2 aliphatic heterocycles. The lowest BCUT2D eigenvalue weighted by Gasteiger charge is -2.52. The molecule has 0 saturated carbocycles. The minimum absolute atomic E-state index is 0.0925. The van der Waals surface area contributed by atoms with Gasteiger partial charge in [0, 0.05) is 6.04 Å². The molecule has 0 aromatic rings. The second-order valence-corrected chi connectivity index (χ2v) is 7.08. The van der Waals surface area contributed by atoms with E-state index in [1.807, 2.05) is 20.8 Å². The predicted molar refractivity (Wildman–Crippen MR) is 72.9 cm³/mol. The van der Waals surface area contributed by atoms with E-state index in [9.17, 15) is 9.90 Å². The van der Waals surface area contributed by atoms with Crippen LogP contribution in [0.3, 0.4) is 0 Å². The predicted octanol–water partition coefficient (Wildman–Crippen LogP) is 1.36. The number of nitrogens with zero attached hydrogens (tertiary/aromatic N) is 1. The van der Waals surface area contributed by atoms with Crippen LogP contribution in [0, 0.1) is 5.92 Å². The van der Waals surface area contributed by atoms with Crippen LogP contribution in [-0.4, -0.2) is 53.0 Å².